The van der Waals surface area contributed by atoms with E-state index in [2.05, 4.69) is 12.2 Å². The second-order valence-corrected chi connectivity index (χ2v) is 4.26. The Labute approximate surface area is 103 Å². The zero-order valence-corrected chi connectivity index (χ0v) is 10.7. The molecule has 0 saturated carbocycles. The Morgan fingerprint density at radius 2 is 1.88 bits per heavy atom. The van der Waals surface area contributed by atoms with Crippen molar-refractivity contribution in [3.63, 3.8) is 0 Å². The van der Waals surface area contributed by atoms with Crippen molar-refractivity contribution in [2.45, 2.75) is 57.9 Å². The van der Waals surface area contributed by atoms with Crippen molar-refractivity contribution < 1.29 is 9.59 Å². The van der Waals surface area contributed by atoms with Gasteiger partial charge in [0.25, 0.3) is 0 Å². The van der Waals surface area contributed by atoms with E-state index in [-0.39, 0.29) is 11.8 Å². The summed E-state index contributed by atoms with van der Waals surface area (Å²) >= 11 is 0. The van der Waals surface area contributed by atoms with Crippen molar-refractivity contribution in [2.24, 2.45) is 11.5 Å². The van der Waals surface area contributed by atoms with Crippen LogP contribution in [0.25, 0.3) is 0 Å². The normalized spacial score (nSPS) is 12.2. The van der Waals surface area contributed by atoms with Gasteiger partial charge in [0.05, 0.1) is 6.04 Å². The fourth-order valence-corrected chi connectivity index (χ4v) is 1.47. The number of carbonyl (C=O) groups is 2. The largest absolute Gasteiger partial charge is 0.330 e. The SMILES string of the molecule is CCCCCC(=O)NC(=O)[C@@H](N)CCCCN. The van der Waals surface area contributed by atoms with Crippen molar-refractivity contribution in [3.05, 3.63) is 0 Å². The molecule has 0 rings (SSSR count). The second kappa shape index (κ2) is 10.2. The van der Waals surface area contributed by atoms with E-state index in [0.29, 0.717) is 19.4 Å². The van der Waals surface area contributed by atoms with Crippen LogP contribution in [0, 0.1) is 0 Å². The van der Waals surface area contributed by atoms with Gasteiger partial charge in [0, 0.05) is 6.42 Å². The molecule has 0 aliphatic carbocycles. The van der Waals surface area contributed by atoms with E-state index in [4.69, 9.17) is 11.5 Å². The summed E-state index contributed by atoms with van der Waals surface area (Å²) in [5, 5.41) is 2.33. The van der Waals surface area contributed by atoms with Gasteiger partial charge < -0.3 is 11.5 Å². The average molecular weight is 243 g/mol. The topological polar surface area (TPSA) is 98.2 Å². The third-order valence-corrected chi connectivity index (χ3v) is 2.58. The zero-order valence-electron chi connectivity index (χ0n) is 10.7. The Kier molecular flexibility index (Phi) is 9.66. The van der Waals surface area contributed by atoms with Gasteiger partial charge in [-0.1, -0.05) is 26.2 Å². The van der Waals surface area contributed by atoms with Crippen molar-refractivity contribution in [1.29, 1.82) is 0 Å². The minimum atomic E-state index is -0.600. The third kappa shape index (κ3) is 8.83. The summed E-state index contributed by atoms with van der Waals surface area (Å²) in [6.07, 6.45) is 5.52. The molecule has 0 unspecified atom stereocenters. The lowest BCUT2D eigenvalue weighted by Gasteiger charge is -2.10. The molecule has 0 aliphatic rings. The van der Waals surface area contributed by atoms with Crippen molar-refractivity contribution in [1.82, 2.24) is 5.32 Å². The molecule has 0 radical (unpaired) electrons. The highest BCUT2D eigenvalue weighted by Gasteiger charge is 2.15. The molecule has 5 N–H and O–H groups in total. The van der Waals surface area contributed by atoms with E-state index >= 15 is 0 Å². The molecule has 5 nitrogen and oxygen atoms in total. The van der Waals surface area contributed by atoms with Gasteiger partial charge in [0.2, 0.25) is 11.8 Å². The van der Waals surface area contributed by atoms with Crippen LogP contribution in [0.3, 0.4) is 0 Å². The Morgan fingerprint density at radius 1 is 1.18 bits per heavy atom. The first-order valence-electron chi connectivity index (χ1n) is 6.41. The van der Waals surface area contributed by atoms with Crippen LogP contribution in [0.5, 0.6) is 0 Å². The van der Waals surface area contributed by atoms with Gasteiger partial charge in [-0.25, -0.2) is 0 Å². The maximum Gasteiger partial charge on any atom is 0.243 e. The third-order valence-electron chi connectivity index (χ3n) is 2.58. The first-order chi connectivity index (χ1) is 8.11. The first-order valence-corrected chi connectivity index (χ1v) is 6.41. The number of carbonyl (C=O) groups excluding carboxylic acids is 2. The number of imide groups is 1. The summed E-state index contributed by atoms with van der Waals surface area (Å²) in [7, 11) is 0. The maximum atomic E-state index is 11.5. The number of nitrogens with two attached hydrogens (primary N) is 2. The fraction of sp³-hybridized carbons (Fsp3) is 0.833. The standard InChI is InChI=1S/C12H25N3O2/c1-2-3-4-8-11(16)15-12(17)10(14)7-5-6-9-13/h10H,2-9,13-14H2,1H3,(H,15,16,17)/t10-/m0/s1. The summed E-state index contributed by atoms with van der Waals surface area (Å²) < 4.78 is 0. The van der Waals surface area contributed by atoms with Gasteiger partial charge in [-0.15, -0.1) is 0 Å². The second-order valence-electron chi connectivity index (χ2n) is 4.26. The Bertz CT molecular complexity index is 232. The maximum absolute atomic E-state index is 11.5. The van der Waals surface area contributed by atoms with E-state index in [1.165, 1.54) is 0 Å². The van der Waals surface area contributed by atoms with E-state index in [0.717, 1.165) is 32.1 Å². The molecule has 0 spiro atoms. The predicted molar refractivity (Wildman–Crippen MR) is 68.2 cm³/mol. The lowest BCUT2D eigenvalue weighted by molar-refractivity contribution is -0.131. The first kappa shape index (κ1) is 16.1. The smallest absolute Gasteiger partial charge is 0.243 e. The molecule has 0 aromatic heterocycles. The highest BCUT2D eigenvalue weighted by atomic mass is 16.2. The van der Waals surface area contributed by atoms with Gasteiger partial charge in [-0.05, 0) is 25.8 Å². The summed E-state index contributed by atoms with van der Waals surface area (Å²) in [4.78, 5) is 22.8. The quantitative estimate of drug-likeness (QED) is 0.518. The zero-order chi connectivity index (χ0) is 13.1. The number of nitrogens with one attached hydrogen (secondary N) is 1. The molecule has 0 aliphatic heterocycles. The van der Waals surface area contributed by atoms with Crippen LogP contribution in [-0.4, -0.2) is 24.4 Å². The van der Waals surface area contributed by atoms with Crippen LogP contribution in [0.1, 0.15) is 51.9 Å². The minimum Gasteiger partial charge on any atom is -0.330 e. The predicted octanol–water partition coefficient (Wildman–Crippen LogP) is 0.666. The molecule has 0 bridgehead atoms. The van der Waals surface area contributed by atoms with Crippen LogP contribution < -0.4 is 16.8 Å². The van der Waals surface area contributed by atoms with Gasteiger partial charge in [-0.2, -0.15) is 0 Å². The highest BCUT2D eigenvalue weighted by Crippen LogP contribution is 2.00. The summed E-state index contributed by atoms with van der Waals surface area (Å²) in [5.74, 6) is -0.596. The average Bonchev–Trinajstić information content (AvgIpc) is 2.29. The molecule has 5 heteroatoms. The molecule has 0 aromatic carbocycles. The Morgan fingerprint density at radius 3 is 2.47 bits per heavy atom. The number of rotatable bonds is 9. The van der Waals surface area contributed by atoms with E-state index in [1.807, 2.05) is 0 Å². The summed E-state index contributed by atoms with van der Waals surface area (Å²) in [6.45, 7) is 2.67. The molecule has 0 heterocycles. The lowest BCUT2D eigenvalue weighted by atomic mass is 10.1. The number of hydrogen-bond acceptors (Lipinski definition) is 4. The summed E-state index contributed by atoms with van der Waals surface area (Å²) in [5.41, 5.74) is 11.0. The van der Waals surface area contributed by atoms with E-state index in [9.17, 15) is 9.59 Å². The van der Waals surface area contributed by atoms with Crippen molar-refractivity contribution in [3.8, 4) is 0 Å². The number of unbranched alkanes of at least 4 members (excludes halogenated alkanes) is 3. The van der Waals surface area contributed by atoms with Gasteiger partial charge >= 0.3 is 0 Å². The van der Waals surface area contributed by atoms with Crippen molar-refractivity contribution in [2.75, 3.05) is 6.54 Å². The number of amides is 2. The molecule has 100 valence electrons. The lowest BCUT2D eigenvalue weighted by Crippen LogP contribution is -2.43. The van der Waals surface area contributed by atoms with E-state index in [1.54, 1.807) is 0 Å². The van der Waals surface area contributed by atoms with Gasteiger partial charge in [-0.3, -0.25) is 14.9 Å². The molecular formula is C12H25N3O2. The number of hydrogen-bond donors (Lipinski definition) is 3. The minimum absolute atomic E-state index is 0.224. The highest BCUT2D eigenvalue weighted by molar-refractivity contribution is 5.97. The van der Waals surface area contributed by atoms with Crippen LogP contribution in [0.15, 0.2) is 0 Å². The molecule has 2 amide bonds. The molecule has 0 fully saturated rings. The van der Waals surface area contributed by atoms with Crippen LogP contribution >= 0.6 is 0 Å². The molecular weight excluding hydrogens is 218 g/mol. The Balaban J connectivity index is 3.71. The van der Waals surface area contributed by atoms with Gasteiger partial charge in [0.1, 0.15) is 0 Å². The van der Waals surface area contributed by atoms with Crippen LogP contribution in [0.2, 0.25) is 0 Å². The molecule has 0 saturated heterocycles. The Hall–Kier alpha value is -0.940. The summed E-state index contributed by atoms with van der Waals surface area (Å²) in [6, 6.07) is -0.600. The van der Waals surface area contributed by atoms with Gasteiger partial charge in [0.15, 0.2) is 0 Å². The molecule has 0 aromatic rings. The molecule has 1 atom stereocenters. The monoisotopic (exact) mass is 243 g/mol. The van der Waals surface area contributed by atoms with Crippen LogP contribution in [-0.2, 0) is 9.59 Å². The van der Waals surface area contributed by atoms with Crippen LogP contribution in [0.4, 0.5) is 0 Å². The molecule has 17 heavy (non-hydrogen) atoms. The van der Waals surface area contributed by atoms with E-state index < -0.39 is 6.04 Å². The fourth-order valence-electron chi connectivity index (χ4n) is 1.47. The van der Waals surface area contributed by atoms with Crippen molar-refractivity contribution >= 4 is 11.8 Å².